The zero-order chi connectivity index (χ0) is 13.7. The van der Waals surface area contributed by atoms with Gasteiger partial charge in [-0.25, -0.2) is 0 Å². The topological polar surface area (TPSA) is 35.8 Å². The average molecular weight is 302 g/mol. The largest absolute Gasteiger partial charge is 0.391 e. The first-order valence-electron chi connectivity index (χ1n) is 6.61. The van der Waals surface area contributed by atoms with E-state index in [4.69, 9.17) is 0 Å². The minimum absolute atomic E-state index is 0.0861. The number of thiophene rings is 1. The second-order valence-corrected chi connectivity index (χ2v) is 7.09. The quantitative estimate of drug-likeness (QED) is 0.924. The van der Waals surface area contributed by atoms with Crippen LogP contribution in [0.1, 0.15) is 10.4 Å². The highest BCUT2D eigenvalue weighted by Crippen LogP contribution is 2.44. The van der Waals surface area contributed by atoms with Gasteiger partial charge in [0.1, 0.15) is 0 Å². The second kappa shape index (κ2) is 4.62. The molecule has 0 unspecified atom stereocenters. The van der Waals surface area contributed by atoms with Crippen LogP contribution in [0.2, 0.25) is 0 Å². The van der Waals surface area contributed by atoms with Crippen LogP contribution in [0.5, 0.6) is 0 Å². The maximum absolute atomic E-state index is 9.63. The van der Waals surface area contributed by atoms with Crippen LogP contribution in [0.15, 0.2) is 34.2 Å². The zero-order valence-corrected chi connectivity index (χ0v) is 12.7. The minimum Gasteiger partial charge on any atom is -0.391 e. The van der Waals surface area contributed by atoms with Crippen LogP contribution >= 0.6 is 23.1 Å². The number of amidine groups is 1. The number of benzene rings is 1. The Labute approximate surface area is 125 Å². The molecule has 0 amide bonds. The van der Waals surface area contributed by atoms with Crippen molar-refractivity contribution in [3.05, 3.63) is 39.6 Å². The number of rotatable bonds is 2. The molecule has 3 heterocycles. The SMILES string of the molecule is Cc1cccc2sc(C3=C(CO)SC4=NCCN43)cc12. The van der Waals surface area contributed by atoms with Crippen molar-refractivity contribution in [1.82, 2.24) is 4.90 Å². The fraction of sp³-hybridized carbons (Fsp3) is 0.267. The Bertz CT molecular complexity index is 760. The smallest absolute Gasteiger partial charge is 0.168 e. The molecule has 2 aliphatic rings. The van der Waals surface area contributed by atoms with E-state index in [-0.39, 0.29) is 6.61 Å². The van der Waals surface area contributed by atoms with Crippen molar-refractivity contribution in [3.63, 3.8) is 0 Å². The Morgan fingerprint density at radius 3 is 3.10 bits per heavy atom. The molecular formula is C15H14N2OS2. The van der Waals surface area contributed by atoms with Gasteiger partial charge in [0, 0.05) is 16.1 Å². The minimum atomic E-state index is 0.0861. The molecule has 2 aliphatic heterocycles. The van der Waals surface area contributed by atoms with E-state index >= 15 is 0 Å². The van der Waals surface area contributed by atoms with Crippen LogP contribution in [0, 0.1) is 6.92 Å². The Balaban J connectivity index is 1.89. The molecule has 2 aromatic rings. The summed E-state index contributed by atoms with van der Waals surface area (Å²) in [7, 11) is 0. The Kier molecular flexibility index (Phi) is 2.87. The molecule has 0 spiro atoms. The van der Waals surface area contributed by atoms with Gasteiger partial charge in [-0.05, 0) is 30.0 Å². The number of hydrogen-bond acceptors (Lipinski definition) is 5. The summed E-state index contributed by atoms with van der Waals surface area (Å²) in [5.41, 5.74) is 2.46. The maximum Gasteiger partial charge on any atom is 0.168 e. The summed E-state index contributed by atoms with van der Waals surface area (Å²) in [5, 5.41) is 12.0. The lowest BCUT2D eigenvalue weighted by molar-refractivity contribution is 0.339. The lowest BCUT2D eigenvalue weighted by atomic mass is 10.1. The van der Waals surface area contributed by atoms with Crippen molar-refractivity contribution >= 4 is 44.0 Å². The third-order valence-electron chi connectivity index (χ3n) is 3.71. The second-order valence-electron chi connectivity index (χ2n) is 4.95. The highest BCUT2D eigenvalue weighted by atomic mass is 32.2. The highest BCUT2D eigenvalue weighted by molar-refractivity contribution is 8.17. The van der Waals surface area contributed by atoms with E-state index < -0.39 is 0 Å². The van der Waals surface area contributed by atoms with E-state index in [0.717, 1.165) is 28.9 Å². The van der Waals surface area contributed by atoms with Gasteiger partial charge in [0.2, 0.25) is 0 Å². The first-order valence-corrected chi connectivity index (χ1v) is 8.24. The molecule has 4 rings (SSSR count). The van der Waals surface area contributed by atoms with Crippen LogP contribution in [0.25, 0.3) is 15.8 Å². The van der Waals surface area contributed by atoms with Gasteiger partial charge in [0.15, 0.2) is 5.17 Å². The number of aryl methyl sites for hydroxylation is 1. The number of thioether (sulfide) groups is 1. The predicted octanol–water partition coefficient (Wildman–Crippen LogP) is 3.29. The van der Waals surface area contributed by atoms with E-state index in [2.05, 4.69) is 41.1 Å². The number of hydrogen-bond donors (Lipinski definition) is 1. The molecule has 0 saturated carbocycles. The summed E-state index contributed by atoms with van der Waals surface area (Å²) in [6.45, 7) is 4.01. The maximum atomic E-state index is 9.63. The van der Waals surface area contributed by atoms with Crippen molar-refractivity contribution in [2.24, 2.45) is 4.99 Å². The lowest BCUT2D eigenvalue weighted by Gasteiger charge is -2.15. The average Bonchev–Trinajstić information content (AvgIpc) is 3.10. The van der Waals surface area contributed by atoms with Crippen molar-refractivity contribution in [2.45, 2.75) is 6.92 Å². The Morgan fingerprint density at radius 2 is 2.30 bits per heavy atom. The Hall–Kier alpha value is -1.30. The lowest BCUT2D eigenvalue weighted by Crippen LogP contribution is -2.19. The first-order chi connectivity index (χ1) is 9.78. The first kappa shape index (κ1) is 12.4. The van der Waals surface area contributed by atoms with Gasteiger partial charge in [-0.1, -0.05) is 23.9 Å². The van der Waals surface area contributed by atoms with Crippen molar-refractivity contribution in [2.75, 3.05) is 19.7 Å². The van der Waals surface area contributed by atoms with E-state index in [1.807, 2.05) is 0 Å². The van der Waals surface area contributed by atoms with E-state index in [9.17, 15) is 5.11 Å². The van der Waals surface area contributed by atoms with Gasteiger partial charge in [0.05, 0.1) is 23.7 Å². The third-order valence-corrected chi connectivity index (χ3v) is 5.91. The van der Waals surface area contributed by atoms with Gasteiger partial charge in [-0.2, -0.15) is 0 Å². The van der Waals surface area contributed by atoms with Crippen LogP contribution < -0.4 is 0 Å². The van der Waals surface area contributed by atoms with Crippen molar-refractivity contribution < 1.29 is 5.11 Å². The van der Waals surface area contributed by atoms with E-state index in [1.165, 1.54) is 20.5 Å². The number of aliphatic imine (C=N–C) groups is 1. The standard InChI is InChI=1S/C15H14N2OS2/c1-9-3-2-4-11-10(9)7-12(19-11)14-13(8-18)20-15-16-5-6-17(14)15/h2-4,7,18H,5-6,8H2,1H3. The highest BCUT2D eigenvalue weighted by Gasteiger charge is 2.33. The number of fused-ring (bicyclic) bond motifs is 2. The molecule has 102 valence electrons. The molecule has 0 bridgehead atoms. The van der Waals surface area contributed by atoms with Crippen molar-refractivity contribution in [1.29, 1.82) is 0 Å². The molecule has 0 saturated heterocycles. The van der Waals surface area contributed by atoms with Crippen molar-refractivity contribution in [3.8, 4) is 0 Å². The molecule has 0 aliphatic carbocycles. The molecular weight excluding hydrogens is 288 g/mol. The third kappa shape index (κ3) is 1.74. The molecule has 5 heteroatoms. The molecule has 1 aromatic heterocycles. The van der Waals surface area contributed by atoms with Gasteiger partial charge in [-0.3, -0.25) is 4.99 Å². The molecule has 0 fully saturated rings. The summed E-state index contributed by atoms with van der Waals surface area (Å²) in [6.07, 6.45) is 0. The van der Waals surface area contributed by atoms with Gasteiger partial charge in [0.25, 0.3) is 0 Å². The zero-order valence-electron chi connectivity index (χ0n) is 11.1. The van der Waals surface area contributed by atoms with Gasteiger partial charge < -0.3 is 10.0 Å². The molecule has 0 radical (unpaired) electrons. The number of nitrogens with zero attached hydrogens (tertiary/aromatic N) is 2. The summed E-state index contributed by atoms with van der Waals surface area (Å²) in [4.78, 5) is 9.00. The number of aliphatic hydroxyl groups is 1. The predicted molar refractivity (Wildman–Crippen MR) is 87.2 cm³/mol. The fourth-order valence-corrected chi connectivity index (χ4v) is 5.07. The Morgan fingerprint density at radius 1 is 1.40 bits per heavy atom. The van der Waals surface area contributed by atoms with E-state index in [0.29, 0.717) is 0 Å². The van der Waals surface area contributed by atoms with Crippen LogP contribution in [0.3, 0.4) is 0 Å². The molecule has 3 nitrogen and oxygen atoms in total. The normalized spacial score (nSPS) is 18.1. The monoisotopic (exact) mass is 302 g/mol. The summed E-state index contributed by atoms with van der Waals surface area (Å²) >= 11 is 3.41. The number of aliphatic hydroxyl groups excluding tert-OH is 1. The van der Waals surface area contributed by atoms with Crippen LogP contribution in [-0.4, -0.2) is 34.9 Å². The van der Waals surface area contributed by atoms with Crippen LogP contribution in [0.4, 0.5) is 0 Å². The van der Waals surface area contributed by atoms with E-state index in [1.54, 1.807) is 23.1 Å². The molecule has 1 aromatic carbocycles. The molecule has 20 heavy (non-hydrogen) atoms. The fourth-order valence-electron chi connectivity index (χ4n) is 2.73. The molecule has 0 atom stereocenters. The summed E-state index contributed by atoms with van der Waals surface area (Å²) < 4.78 is 1.30. The van der Waals surface area contributed by atoms with Crippen LogP contribution in [-0.2, 0) is 0 Å². The summed E-state index contributed by atoms with van der Waals surface area (Å²) in [5.74, 6) is 0. The van der Waals surface area contributed by atoms with Gasteiger partial charge >= 0.3 is 0 Å². The van der Waals surface area contributed by atoms with Gasteiger partial charge in [-0.15, -0.1) is 11.3 Å². The molecule has 1 N–H and O–H groups in total. The summed E-state index contributed by atoms with van der Waals surface area (Å²) in [6, 6.07) is 8.66.